The monoisotopic (exact) mass is 437 g/mol. The van der Waals surface area contributed by atoms with Gasteiger partial charge in [-0.05, 0) is 41.7 Å². The summed E-state index contributed by atoms with van der Waals surface area (Å²) in [6, 6.07) is 11.1. The molecule has 0 aliphatic heterocycles. The van der Waals surface area contributed by atoms with Gasteiger partial charge in [-0.2, -0.15) is 4.98 Å². The summed E-state index contributed by atoms with van der Waals surface area (Å²) in [5.74, 6) is 2.02. The van der Waals surface area contributed by atoms with E-state index in [4.69, 9.17) is 9.26 Å². The van der Waals surface area contributed by atoms with Crippen LogP contribution in [0.5, 0.6) is 5.75 Å². The Hall–Kier alpha value is -3.26. The molecule has 0 saturated carbocycles. The molecule has 0 aliphatic carbocycles. The van der Waals surface area contributed by atoms with E-state index in [2.05, 4.69) is 39.6 Å². The predicted molar refractivity (Wildman–Crippen MR) is 122 cm³/mol. The molecule has 0 unspecified atom stereocenters. The first-order valence-electron chi connectivity index (χ1n) is 10.8. The van der Waals surface area contributed by atoms with Crippen LogP contribution in [0, 0.1) is 11.8 Å². The fraction of sp³-hybridized carbons (Fsp3) is 0.417. The topological polar surface area (TPSA) is 102 Å². The Morgan fingerprint density at radius 3 is 2.25 bits per heavy atom. The van der Waals surface area contributed by atoms with Crippen LogP contribution in [0.1, 0.15) is 51.2 Å². The van der Waals surface area contributed by atoms with Gasteiger partial charge in [0, 0.05) is 18.0 Å². The number of hydrogen-bond donors (Lipinski definition) is 2. The first kappa shape index (κ1) is 23.4. The van der Waals surface area contributed by atoms with Crippen LogP contribution >= 0.6 is 0 Å². The second-order valence-electron chi connectivity index (χ2n) is 8.36. The lowest BCUT2D eigenvalue weighted by Crippen LogP contribution is -2.40. The summed E-state index contributed by atoms with van der Waals surface area (Å²) in [5.41, 5.74) is 1.86. The summed E-state index contributed by atoms with van der Waals surface area (Å²) in [6.07, 6.45) is 3.36. The van der Waals surface area contributed by atoms with Crippen molar-refractivity contribution in [1.82, 2.24) is 25.8 Å². The molecule has 32 heavy (non-hydrogen) atoms. The van der Waals surface area contributed by atoms with E-state index in [1.807, 2.05) is 50.2 Å². The van der Waals surface area contributed by atoms with Gasteiger partial charge >= 0.3 is 0 Å². The summed E-state index contributed by atoms with van der Waals surface area (Å²) < 4.78 is 10.7. The molecule has 0 bridgehead atoms. The molecule has 0 saturated heterocycles. The largest absolute Gasteiger partial charge is 0.497 e. The number of benzene rings is 1. The number of pyridine rings is 1. The molecule has 0 spiro atoms. The highest BCUT2D eigenvalue weighted by atomic mass is 16.5. The number of amides is 1. The van der Waals surface area contributed by atoms with Gasteiger partial charge in [0.25, 0.3) is 0 Å². The van der Waals surface area contributed by atoms with Gasteiger partial charge in [-0.3, -0.25) is 15.1 Å². The van der Waals surface area contributed by atoms with E-state index in [9.17, 15) is 4.79 Å². The molecule has 1 aromatic carbocycles. The molecule has 2 heterocycles. The van der Waals surface area contributed by atoms with Crippen molar-refractivity contribution < 1.29 is 14.1 Å². The standard InChI is InChI=1S/C24H31N5O3/c1-15(2)21(17-6-8-19(31-5)9-7-17)27-20(30)14-26-22(16(3)4)24-28-23(29-32-24)18-10-12-25-13-11-18/h6-13,15-16,21-22,26H,14H2,1-5H3,(H,27,30)/t21-,22+/m1/s1. The first-order chi connectivity index (χ1) is 15.4. The minimum absolute atomic E-state index is 0.0981. The van der Waals surface area contributed by atoms with Gasteiger partial charge in [-0.1, -0.05) is 45.0 Å². The first-order valence-corrected chi connectivity index (χ1v) is 10.8. The molecule has 8 heteroatoms. The van der Waals surface area contributed by atoms with E-state index in [-0.39, 0.29) is 36.4 Å². The van der Waals surface area contributed by atoms with Crippen molar-refractivity contribution in [2.24, 2.45) is 11.8 Å². The fourth-order valence-corrected chi connectivity index (χ4v) is 3.46. The van der Waals surface area contributed by atoms with Crippen LogP contribution in [0.25, 0.3) is 11.4 Å². The number of hydrogen-bond acceptors (Lipinski definition) is 7. The molecule has 0 aliphatic rings. The molecule has 3 rings (SSSR count). The van der Waals surface area contributed by atoms with Gasteiger partial charge in [0.05, 0.1) is 25.7 Å². The maximum absolute atomic E-state index is 12.8. The summed E-state index contributed by atoms with van der Waals surface area (Å²) in [7, 11) is 1.64. The van der Waals surface area contributed by atoms with Crippen molar-refractivity contribution in [3.63, 3.8) is 0 Å². The lowest BCUT2D eigenvalue weighted by atomic mass is 9.96. The number of carbonyl (C=O) groups is 1. The van der Waals surface area contributed by atoms with Crippen LogP contribution in [-0.2, 0) is 4.79 Å². The zero-order chi connectivity index (χ0) is 23.1. The Labute approximate surface area is 188 Å². The summed E-state index contributed by atoms with van der Waals surface area (Å²) in [4.78, 5) is 21.3. The van der Waals surface area contributed by atoms with Crippen molar-refractivity contribution in [1.29, 1.82) is 0 Å². The Balaban J connectivity index is 1.64. The molecule has 0 radical (unpaired) electrons. The van der Waals surface area contributed by atoms with Gasteiger partial charge in [0.2, 0.25) is 17.6 Å². The van der Waals surface area contributed by atoms with Crippen LogP contribution in [0.15, 0.2) is 53.3 Å². The Bertz CT molecular complexity index is 986. The number of rotatable bonds is 10. The number of methoxy groups -OCH3 is 1. The number of nitrogens with zero attached hydrogens (tertiary/aromatic N) is 3. The van der Waals surface area contributed by atoms with E-state index in [0.29, 0.717) is 11.7 Å². The predicted octanol–water partition coefficient (Wildman–Crippen LogP) is 3.94. The average Bonchev–Trinajstić information content (AvgIpc) is 3.28. The van der Waals surface area contributed by atoms with E-state index in [1.54, 1.807) is 19.5 Å². The van der Waals surface area contributed by atoms with Crippen molar-refractivity contribution in [3.8, 4) is 17.1 Å². The number of ether oxygens (including phenoxy) is 1. The van der Waals surface area contributed by atoms with Gasteiger partial charge in [0.15, 0.2) is 0 Å². The number of carbonyl (C=O) groups excluding carboxylic acids is 1. The van der Waals surface area contributed by atoms with Gasteiger partial charge in [-0.25, -0.2) is 0 Å². The second kappa shape index (κ2) is 10.9. The van der Waals surface area contributed by atoms with E-state index in [1.165, 1.54) is 0 Å². The third-order valence-electron chi connectivity index (χ3n) is 5.25. The quantitative estimate of drug-likeness (QED) is 0.495. The average molecular weight is 438 g/mol. The molecular weight excluding hydrogens is 406 g/mol. The van der Waals surface area contributed by atoms with Gasteiger partial charge < -0.3 is 14.6 Å². The SMILES string of the molecule is COc1ccc([C@H](NC(=O)CN[C@H](c2nc(-c3ccncc3)no2)C(C)C)C(C)C)cc1. The van der Waals surface area contributed by atoms with Crippen LogP contribution in [0.2, 0.25) is 0 Å². The van der Waals surface area contributed by atoms with Gasteiger partial charge in [0.1, 0.15) is 5.75 Å². The Morgan fingerprint density at radius 1 is 1.00 bits per heavy atom. The molecule has 8 nitrogen and oxygen atoms in total. The van der Waals surface area contributed by atoms with Crippen LogP contribution in [0.4, 0.5) is 0 Å². The molecular formula is C24H31N5O3. The third-order valence-corrected chi connectivity index (χ3v) is 5.25. The smallest absolute Gasteiger partial charge is 0.244 e. The number of aromatic nitrogens is 3. The third kappa shape index (κ3) is 5.91. The maximum atomic E-state index is 12.8. The van der Waals surface area contributed by atoms with Crippen molar-refractivity contribution in [2.75, 3.05) is 13.7 Å². The van der Waals surface area contributed by atoms with Crippen molar-refractivity contribution in [3.05, 3.63) is 60.2 Å². The second-order valence-corrected chi connectivity index (χ2v) is 8.36. The molecule has 170 valence electrons. The highest BCUT2D eigenvalue weighted by Gasteiger charge is 2.25. The van der Waals surface area contributed by atoms with Crippen molar-refractivity contribution in [2.45, 2.75) is 39.8 Å². The van der Waals surface area contributed by atoms with Crippen molar-refractivity contribution >= 4 is 5.91 Å². The van der Waals surface area contributed by atoms with Crippen LogP contribution in [-0.4, -0.2) is 34.7 Å². The van der Waals surface area contributed by atoms with Gasteiger partial charge in [-0.15, -0.1) is 0 Å². The minimum atomic E-state index is -0.248. The zero-order valence-electron chi connectivity index (χ0n) is 19.2. The lowest BCUT2D eigenvalue weighted by molar-refractivity contribution is -0.121. The molecule has 0 fully saturated rings. The summed E-state index contributed by atoms with van der Waals surface area (Å²) >= 11 is 0. The zero-order valence-corrected chi connectivity index (χ0v) is 19.2. The summed E-state index contributed by atoms with van der Waals surface area (Å²) in [5, 5.41) is 10.5. The maximum Gasteiger partial charge on any atom is 0.244 e. The highest BCUT2D eigenvalue weighted by Crippen LogP contribution is 2.25. The Kier molecular flexibility index (Phi) is 7.94. The molecule has 2 aromatic heterocycles. The fourth-order valence-electron chi connectivity index (χ4n) is 3.46. The molecule has 2 atom stereocenters. The Morgan fingerprint density at radius 2 is 1.66 bits per heavy atom. The van der Waals surface area contributed by atoms with E-state index >= 15 is 0 Å². The van der Waals surface area contributed by atoms with E-state index in [0.717, 1.165) is 16.9 Å². The summed E-state index contributed by atoms with van der Waals surface area (Å²) in [6.45, 7) is 8.38. The lowest BCUT2D eigenvalue weighted by Gasteiger charge is -2.24. The minimum Gasteiger partial charge on any atom is -0.497 e. The molecule has 1 amide bonds. The molecule has 3 aromatic rings. The molecule has 2 N–H and O–H groups in total. The van der Waals surface area contributed by atoms with Crippen LogP contribution < -0.4 is 15.4 Å². The normalized spacial score (nSPS) is 13.2. The van der Waals surface area contributed by atoms with E-state index < -0.39 is 0 Å². The number of nitrogens with one attached hydrogen (secondary N) is 2. The highest BCUT2D eigenvalue weighted by molar-refractivity contribution is 5.78. The van der Waals surface area contributed by atoms with Crippen LogP contribution in [0.3, 0.4) is 0 Å².